The molecular weight excluding hydrogens is 244 g/mol. The zero-order chi connectivity index (χ0) is 13.2. The number of hydrogen-bond donors (Lipinski definition) is 1. The van der Waals surface area contributed by atoms with Crippen molar-refractivity contribution in [3.63, 3.8) is 0 Å². The molecule has 0 aromatic carbocycles. The molecule has 0 bridgehead atoms. The molecule has 0 unspecified atom stereocenters. The van der Waals surface area contributed by atoms with Crippen molar-refractivity contribution >= 4 is 22.3 Å². The summed E-state index contributed by atoms with van der Waals surface area (Å²) in [6.45, 7) is 2.23. The van der Waals surface area contributed by atoms with Gasteiger partial charge in [-0.05, 0) is 6.42 Å². The van der Waals surface area contributed by atoms with Gasteiger partial charge in [0.2, 0.25) is 0 Å². The number of nitrogens with zero attached hydrogens (tertiary/aromatic N) is 1. The number of anilines is 1. The van der Waals surface area contributed by atoms with Gasteiger partial charge in [-0.3, -0.25) is 4.79 Å². The normalized spacial score (nSPS) is 10.7. The molecule has 1 heterocycles. The smallest absolute Gasteiger partial charge is 0.180 e. The van der Waals surface area contributed by atoms with Crippen LogP contribution in [-0.2, 0) is 11.2 Å². The van der Waals surface area contributed by atoms with Crippen molar-refractivity contribution < 1.29 is 4.79 Å². The third kappa shape index (κ3) is 6.74. The highest BCUT2D eigenvalue weighted by molar-refractivity contribution is 7.13. The van der Waals surface area contributed by atoms with Crippen molar-refractivity contribution in [2.24, 2.45) is 0 Å². The summed E-state index contributed by atoms with van der Waals surface area (Å²) >= 11 is 1.40. The molecule has 4 heteroatoms. The zero-order valence-electron chi connectivity index (χ0n) is 11.3. The van der Waals surface area contributed by atoms with Crippen LogP contribution in [0.3, 0.4) is 0 Å². The van der Waals surface area contributed by atoms with E-state index < -0.39 is 0 Å². The van der Waals surface area contributed by atoms with Gasteiger partial charge in [-0.1, -0.05) is 45.4 Å². The maximum absolute atomic E-state index is 11.7. The van der Waals surface area contributed by atoms with Crippen LogP contribution in [0.25, 0.3) is 0 Å². The first-order chi connectivity index (χ1) is 8.72. The minimum absolute atomic E-state index is 0.286. The van der Waals surface area contributed by atoms with Gasteiger partial charge in [-0.25, -0.2) is 4.98 Å². The molecule has 0 saturated carbocycles. The zero-order valence-corrected chi connectivity index (χ0v) is 12.1. The lowest BCUT2D eigenvalue weighted by Gasteiger charge is -2.00. The van der Waals surface area contributed by atoms with Crippen LogP contribution in [0.1, 0.15) is 64.0 Å². The average molecular weight is 268 g/mol. The van der Waals surface area contributed by atoms with Crippen LogP contribution < -0.4 is 5.73 Å². The maximum atomic E-state index is 11.7. The molecule has 0 aliphatic heterocycles. The van der Waals surface area contributed by atoms with Crippen LogP contribution in [-0.4, -0.2) is 10.8 Å². The second-order valence-electron chi connectivity index (χ2n) is 4.76. The summed E-state index contributed by atoms with van der Waals surface area (Å²) in [7, 11) is 0. The number of nitrogen functional groups attached to an aromatic ring is 1. The molecule has 0 aliphatic carbocycles. The van der Waals surface area contributed by atoms with Gasteiger partial charge >= 0.3 is 0 Å². The predicted molar refractivity (Wildman–Crippen MR) is 77.8 cm³/mol. The number of nitrogens with two attached hydrogens (primary N) is 1. The summed E-state index contributed by atoms with van der Waals surface area (Å²) in [6, 6.07) is 0. The van der Waals surface area contributed by atoms with Gasteiger partial charge in [0.25, 0.3) is 0 Å². The highest BCUT2D eigenvalue weighted by Gasteiger charge is 2.06. The summed E-state index contributed by atoms with van der Waals surface area (Å²) in [5.41, 5.74) is 6.35. The fourth-order valence-corrected chi connectivity index (χ4v) is 2.54. The second kappa shape index (κ2) is 9.09. The lowest BCUT2D eigenvalue weighted by molar-refractivity contribution is -0.118. The monoisotopic (exact) mass is 268 g/mol. The van der Waals surface area contributed by atoms with Crippen LogP contribution in [0, 0.1) is 0 Å². The number of hydrogen-bond acceptors (Lipinski definition) is 4. The number of unbranched alkanes of at least 4 members (excludes halogenated alkanes) is 6. The molecule has 1 aromatic heterocycles. The summed E-state index contributed by atoms with van der Waals surface area (Å²) in [6.07, 6.45) is 9.86. The first-order valence-corrected chi connectivity index (χ1v) is 7.82. The molecule has 18 heavy (non-hydrogen) atoms. The van der Waals surface area contributed by atoms with E-state index >= 15 is 0 Å². The molecule has 0 radical (unpaired) electrons. The van der Waals surface area contributed by atoms with Crippen molar-refractivity contribution in [1.29, 1.82) is 0 Å². The topological polar surface area (TPSA) is 56.0 Å². The molecule has 3 nitrogen and oxygen atoms in total. The van der Waals surface area contributed by atoms with Crippen LogP contribution >= 0.6 is 11.3 Å². The van der Waals surface area contributed by atoms with E-state index in [1.807, 2.05) is 5.38 Å². The van der Waals surface area contributed by atoms with Crippen LogP contribution in [0.2, 0.25) is 0 Å². The lowest BCUT2D eigenvalue weighted by Crippen LogP contribution is -2.03. The fourth-order valence-electron chi connectivity index (χ4n) is 1.97. The molecule has 0 amide bonds. The Morgan fingerprint density at radius 2 is 1.89 bits per heavy atom. The molecule has 1 aromatic rings. The quantitative estimate of drug-likeness (QED) is 0.653. The highest BCUT2D eigenvalue weighted by atomic mass is 32.1. The van der Waals surface area contributed by atoms with Gasteiger partial charge in [0.1, 0.15) is 5.78 Å². The van der Waals surface area contributed by atoms with Gasteiger partial charge in [0, 0.05) is 18.2 Å². The summed E-state index contributed by atoms with van der Waals surface area (Å²) in [5.74, 6) is 0.286. The molecule has 1 rings (SSSR count). The van der Waals surface area contributed by atoms with Gasteiger partial charge in [-0.2, -0.15) is 0 Å². The largest absolute Gasteiger partial charge is 0.375 e. The van der Waals surface area contributed by atoms with Crippen molar-refractivity contribution in [3.05, 3.63) is 11.1 Å². The Balaban J connectivity index is 2.00. The third-order valence-corrected chi connectivity index (χ3v) is 3.73. The Kier molecular flexibility index (Phi) is 7.65. The summed E-state index contributed by atoms with van der Waals surface area (Å²) in [5, 5.41) is 2.42. The number of ketones is 1. The van der Waals surface area contributed by atoms with Crippen LogP contribution in [0.5, 0.6) is 0 Å². The Labute approximate surface area is 114 Å². The van der Waals surface area contributed by atoms with Gasteiger partial charge in [0.05, 0.1) is 5.69 Å². The van der Waals surface area contributed by atoms with E-state index in [4.69, 9.17) is 5.73 Å². The number of rotatable bonds is 10. The molecule has 0 atom stereocenters. The number of Topliss-reactive ketones (excluding diaryl/α,β-unsaturated/α-hetero) is 1. The van der Waals surface area contributed by atoms with Gasteiger partial charge < -0.3 is 5.73 Å². The number of carbonyl (C=O) groups is 1. The van der Waals surface area contributed by atoms with E-state index in [0.29, 0.717) is 18.0 Å². The van der Waals surface area contributed by atoms with E-state index in [2.05, 4.69) is 11.9 Å². The van der Waals surface area contributed by atoms with Crippen molar-refractivity contribution in [1.82, 2.24) is 4.98 Å². The Hall–Kier alpha value is -0.900. The Bertz CT molecular complexity index is 349. The van der Waals surface area contributed by atoms with Gasteiger partial charge in [-0.15, -0.1) is 11.3 Å². The standard InChI is InChI=1S/C14H24N2OS/c1-2-3-4-5-6-7-8-9-13(17)10-12-11-18-14(15)16-12/h11H,2-10H2,1H3,(H2,15,16). The Morgan fingerprint density at radius 1 is 1.22 bits per heavy atom. The minimum Gasteiger partial charge on any atom is -0.375 e. The maximum Gasteiger partial charge on any atom is 0.180 e. The van der Waals surface area contributed by atoms with Crippen LogP contribution in [0.15, 0.2) is 5.38 Å². The van der Waals surface area contributed by atoms with E-state index in [0.717, 1.165) is 12.1 Å². The van der Waals surface area contributed by atoms with Crippen molar-refractivity contribution in [2.45, 2.75) is 64.7 Å². The summed E-state index contributed by atoms with van der Waals surface area (Å²) < 4.78 is 0. The predicted octanol–water partition coefficient (Wildman–Crippen LogP) is 3.98. The van der Waals surface area contributed by atoms with E-state index in [-0.39, 0.29) is 5.78 Å². The van der Waals surface area contributed by atoms with E-state index in [9.17, 15) is 4.79 Å². The van der Waals surface area contributed by atoms with E-state index in [1.165, 1.54) is 49.9 Å². The molecule has 0 saturated heterocycles. The third-order valence-electron chi connectivity index (χ3n) is 3.01. The van der Waals surface area contributed by atoms with Crippen molar-refractivity contribution in [3.8, 4) is 0 Å². The van der Waals surface area contributed by atoms with E-state index in [1.54, 1.807) is 0 Å². The molecule has 2 N–H and O–H groups in total. The number of carbonyl (C=O) groups excluding carboxylic acids is 1. The Morgan fingerprint density at radius 3 is 2.50 bits per heavy atom. The fraction of sp³-hybridized carbons (Fsp3) is 0.714. The SMILES string of the molecule is CCCCCCCCCC(=O)Cc1csc(N)n1. The minimum atomic E-state index is 0.286. The molecule has 0 fully saturated rings. The molecule has 0 aliphatic rings. The molecular formula is C14H24N2OS. The van der Waals surface area contributed by atoms with Gasteiger partial charge in [0.15, 0.2) is 5.13 Å². The number of aromatic nitrogens is 1. The van der Waals surface area contributed by atoms with Crippen molar-refractivity contribution in [2.75, 3.05) is 5.73 Å². The summed E-state index contributed by atoms with van der Waals surface area (Å²) in [4.78, 5) is 15.8. The highest BCUT2D eigenvalue weighted by Crippen LogP contribution is 2.13. The van der Waals surface area contributed by atoms with Crippen LogP contribution in [0.4, 0.5) is 5.13 Å². The number of thiazole rings is 1. The first-order valence-electron chi connectivity index (χ1n) is 6.94. The average Bonchev–Trinajstić information content (AvgIpc) is 2.73. The second-order valence-corrected chi connectivity index (χ2v) is 5.65. The lowest BCUT2D eigenvalue weighted by atomic mass is 10.1. The molecule has 102 valence electrons. The molecule has 0 spiro atoms. The first kappa shape index (κ1) is 15.2.